The lowest BCUT2D eigenvalue weighted by molar-refractivity contribution is 0.102. The highest BCUT2D eigenvalue weighted by atomic mass is 32.2. The van der Waals surface area contributed by atoms with E-state index >= 15 is 0 Å². The van der Waals surface area contributed by atoms with Crippen molar-refractivity contribution in [3.8, 4) is 5.75 Å². The number of aromatic nitrogens is 2. The molecular formula is C24H28N4O4S. The minimum absolute atomic E-state index is 0.0876. The number of anilines is 1. The van der Waals surface area contributed by atoms with Gasteiger partial charge in [0.25, 0.3) is 5.91 Å². The van der Waals surface area contributed by atoms with Gasteiger partial charge in [-0.25, -0.2) is 18.4 Å². The minimum Gasteiger partial charge on any atom is -0.495 e. The number of hydrogen-bond acceptors (Lipinski definition) is 6. The Morgan fingerprint density at radius 1 is 1.06 bits per heavy atom. The van der Waals surface area contributed by atoms with Gasteiger partial charge in [0.05, 0.1) is 25.2 Å². The van der Waals surface area contributed by atoms with E-state index in [0.717, 1.165) is 5.56 Å². The normalized spacial score (nSPS) is 11.9. The van der Waals surface area contributed by atoms with Crippen LogP contribution in [0.5, 0.6) is 5.75 Å². The van der Waals surface area contributed by atoms with E-state index in [1.807, 2.05) is 51.1 Å². The highest BCUT2D eigenvalue weighted by Gasteiger charge is 2.26. The van der Waals surface area contributed by atoms with Crippen LogP contribution < -0.4 is 10.1 Å². The van der Waals surface area contributed by atoms with Crippen LogP contribution in [0.3, 0.4) is 0 Å². The van der Waals surface area contributed by atoms with Crippen molar-refractivity contribution in [1.29, 1.82) is 0 Å². The summed E-state index contributed by atoms with van der Waals surface area (Å²) < 4.78 is 33.0. The van der Waals surface area contributed by atoms with Crippen LogP contribution in [-0.4, -0.2) is 42.8 Å². The molecule has 0 saturated carbocycles. The Bertz CT molecular complexity index is 1220. The van der Waals surface area contributed by atoms with E-state index in [0.29, 0.717) is 11.5 Å². The smallest absolute Gasteiger partial charge is 0.255 e. The summed E-state index contributed by atoms with van der Waals surface area (Å²) in [6.07, 6.45) is 3.06. The molecule has 1 aromatic heterocycles. The summed E-state index contributed by atoms with van der Waals surface area (Å²) in [5.41, 5.74) is 1.21. The van der Waals surface area contributed by atoms with E-state index in [1.54, 1.807) is 0 Å². The maximum atomic E-state index is 13.3. The highest BCUT2D eigenvalue weighted by molar-refractivity contribution is 7.89. The molecule has 0 atom stereocenters. The number of hydrogen-bond donors (Lipinski definition) is 1. The quantitative estimate of drug-likeness (QED) is 0.565. The molecule has 1 heterocycles. The SMILES string of the molecule is COc1ccc(C(=O)Nc2cnc(C(C)(C)C)nc2)cc1S(=O)(=O)N(C)Cc1ccccc1. The fourth-order valence-electron chi connectivity index (χ4n) is 3.10. The van der Waals surface area contributed by atoms with Gasteiger partial charge in [-0.15, -0.1) is 0 Å². The Hall–Kier alpha value is -3.30. The van der Waals surface area contributed by atoms with Crippen molar-refractivity contribution >= 4 is 21.6 Å². The first-order chi connectivity index (χ1) is 15.5. The summed E-state index contributed by atoms with van der Waals surface area (Å²) in [7, 11) is -1.05. The van der Waals surface area contributed by atoms with Crippen molar-refractivity contribution in [2.45, 2.75) is 37.6 Å². The first kappa shape index (κ1) is 24.3. The Morgan fingerprint density at radius 2 is 1.70 bits per heavy atom. The molecule has 0 aliphatic heterocycles. The highest BCUT2D eigenvalue weighted by Crippen LogP contribution is 2.28. The van der Waals surface area contributed by atoms with Gasteiger partial charge in [-0.05, 0) is 23.8 Å². The second-order valence-corrected chi connectivity index (χ2v) is 10.6. The zero-order valence-corrected chi connectivity index (χ0v) is 20.2. The van der Waals surface area contributed by atoms with Crippen LogP contribution in [0.25, 0.3) is 0 Å². The average Bonchev–Trinajstić information content (AvgIpc) is 2.79. The van der Waals surface area contributed by atoms with Gasteiger partial charge in [0.15, 0.2) is 0 Å². The van der Waals surface area contributed by atoms with E-state index in [2.05, 4.69) is 15.3 Å². The fourth-order valence-corrected chi connectivity index (χ4v) is 4.43. The van der Waals surface area contributed by atoms with Crippen LogP contribution in [0.2, 0.25) is 0 Å². The van der Waals surface area contributed by atoms with Gasteiger partial charge in [0.1, 0.15) is 16.5 Å². The lowest BCUT2D eigenvalue weighted by Crippen LogP contribution is -2.27. The van der Waals surface area contributed by atoms with Crippen molar-refractivity contribution in [3.63, 3.8) is 0 Å². The summed E-state index contributed by atoms with van der Waals surface area (Å²) in [4.78, 5) is 21.3. The van der Waals surface area contributed by atoms with Crippen LogP contribution in [-0.2, 0) is 22.0 Å². The molecule has 2 aromatic carbocycles. The molecule has 3 aromatic rings. The van der Waals surface area contributed by atoms with Crippen molar-refractivity contribution in [2.24, 2.45) is 0 Å². The Morgan fingerprint density at radius 3 is 2.27 bits per heavy atom. The molecule has 0 fully saturated rings. The number of rotatable bonds is 7. The molecule has 0 spiro atoms. The van der Waals surface area contributed by atoms with Gasteiger partial charge in [-0.1, -0.05) is 51.1 Å². The van der Waals surface area contributed by atoms with E-state index in [4.69, 9.17) is 4.74 Å². The third kappa shape index (κ3) is 5.74. The molecule has 3 rings (SSSR count). The topological polar surface area (TPSA) is 101 Å². The van der Waals surface area contributed by atoms with Crippen molar-refractivity contribution in [1.82, 2.24) is 14.3 Å². The lowest BCUT2D eigenvalue weighted by Gasteiger charge is -2.19. The molecule has 1 N–H and O–H groups in total. The summed E-state index contributed by atoms with van der Waals surface area (Å²) in [5, 5.41) is 2.71. The first-order valence-electron chi connectivity index (χ1n) is 10.3. The van der Waals surface area contributed by atoms with E-state index in [-0.39, 0.29) is 28.2 Å². The van der Waals surface area contributed by atoms with Crippen LogP contribution in [0.4, 0.5) is 5.69 Å². The first-order valence-corrected chi connectivity index (χ1v) is 11.8. The number of nitrogens with one attached hydrogen (secondary N) is 1. The number of ether oxygens (including phenoxy) is 1. The summed E-state index contributed by atoms with van der Waals surface area (Å²) >= 11 is 0. The zero-order chi connectivity index (χ0) is 24.2. The third-order valence-corrected chi connectivity index (χ3v) is 6.77. The maximum absolute atomic E-state index is 13.3. The van der Waals surface area contributed by atoms with Gasteiger partial charge >= 0.3 is 0 Å². The number of carbonyl (C=O) groups excluding carboxylic acids is 1. The largest absolute Gasteiger partial charge is 0.495 e. The number of methoxy groups -OCH3 is 1. The molecule has 0 bridgehead atoms. The van der Waals surface area contributed by atoms with Crippen LogP contribution in [0, 0.1) is 0 Å². The van der Waals surface area contributed by atoms with Gasteiger partial charge in [-0.3, -0.25) is 4.79 Å². The summed E-state index contributed by atoms with van der Waals surface area (Å²) in [5.74, 6) is 0.330. The second kappa shape index (κ2) is 9.68. The van der Waals surface area contributed by atoms with E-state index < -0.39 is 15.9 Å². The van der Waals surface area contributed by atoms with E-state index in [1.165, 1.54) is 49.1 Å². The van der Waals surface area contributed by atoms with Crippen molar-refractivity contribution in [3.05, 3.63) is 77.9 Å². The molecule has 0 saturated heterocycles. The average molecular weight is 469 g/mol. The monoisotopic (exact) mass is 468 g/mol. The molecular weight excluding hydrogens is 440 g/mol. The zero-order valence-electron chi connectivity index (χ0n) is 19.4. The molecule has 0 aliphatic carbocycles. The van der Waals surface area contributed by atoms with Crippen LogP contribution in [0.15, 0.2) is 65.8 Å². The molecule has 1 amide bonds. The number of sulfonamides is 1. The standard InChI is InChI=1S/C24H28N4O4S/c1-24(2,3)23-25-14-19(15-26-23)27-22(29)18-11-12-20(32-5)21(13-18)33(30,31)28(4)16-17-9-7-6-8-10-17/h6-15H,16H2,1-5H3,(H,27,29). The third-order valence-electron chi connectivity index (χ3n) is 4.94. The van der Waals surface area contributed by atoms with Crippen molar-refractivity contribution < 1.29 is 17.9 Å². The number of amides is 1. The molecule has 0 unspecified atom stereocenters. The van der Waals surface area contributed by atoms with E-state index in [9.17, 15) is 13.2 Å². The fraction of sp³-hybridized carbons (Fsp3) is 0.292. The number of nitrogens with zero attached hydrogens (tertiary/aromatic N) is 3. The Balaban J connectivity index is 1.86. The van der Waals surface area contributed by atoms with Gasteiger partial charge in [0, 0.05) is 24.6 Å². The van der Waals surface area contributed by atoms with Crippen molar-refractivity contribution in [2.75, 3.05) is 19.5 Å². The Kier molecular flexibility index (Phi) is 7.14. The molecule has 9 heteroatoms. The number of carbonyl (C=O) groups is 1. The lowest BCUT2D eigenvalue weighted by atomic mass is 9.96. The minimum atomic E-state index is -3.93. The van der Waals surface area contributed by atoms with Crippen LogP contribution >= 0.6 is 0 Å². The summed E-state index contributed by atoms with van der Waals surface area (Å²) in [6, 6.07) is 13.5. The molecule has 33 heavy (non-hydrogen) atoms. The van der Waals surface area contributed by atoms with Crippen LogP contribution in [0.1, 0.15) is 42.5 Å². The van der Waals surface area contributed by atoms with Gasteiger partial charge < -0.3 is 10.1 Å². The summed E-state index contributed by atoms with van der Waals surface area (Å²) in [6.45, 7) is 6.17. The second-order valence-electron chi connectivity index (χ2n) is 8.61. The maximum Gasteiger partial charge on any atom is 0.255 e. The number of benzene rings is 2. The van der Waals surface area contributed by atoms with Gasteiger partial charge in [0.2, 0.25) is 10.0 Å². The van der Waals surface area contributed by atoms with Gasteiger partial charge in [-0.2, -0.15) is 4.31 Å². The molecule has 174 valence electrons. The molecule has 8 nitrogen and oxygen atoms in total. The molecule has 0 aliphatic rings. The Labute approximate surface area is 194 Å². The molecule has 0 radical (unpaired) electrons. The predicted octanol–water partition coefficient (Wildman–Crippen LogP) is 3.86. The predicted molar refractivity (Wildman–Crippen MR) is 127 cm³/mol.